The van der Waals surface area contributed by atoms with Crippen molar-refractivity contribution >= 4 is 106 Å². The van der Waals surface area contributed by atoms with Crippen molar-refractivity contribution in [3.05, 3.63) is 120 Å². The van der Waals surface area contributed by atoms with Crippen molar-refractivity contribution in [2.45, 2.75) is 165 Å². The zero-order chi connectivity index (χ0) is 74.0. The molecule has 0 unspecified atom stereocenters. The van der Waals surface area contributed by atoms with Gasteiger partial charge in [-0.15, -0.1) is 0 Å². The fraction of sp³-hybridized carbons (Fsp3) is 0.493. The van der Waals surface area contributed by atoms with Gasteiger partial charge >= 0.3 is 5.97 Å². The molecular weight excluding hydrogens is 1330 g/mol. The first-order valence-electron chi connectivity index (χ1n) is 32.7. The van der Waals surface area contributed by atoms with Gasteiger partial charge in [-0.1, -0.05) is 113 Å². The molecule has 0 fully saturated rings. The molecule has 4 aromatic rings. The predicted molar refractivity (Wildman–Crippen MR) is 378 cm³/mol. The molecule has 0 bridgehead atoms. The number of aliphatic carboxylic acids is 1. The number of nitrogens with one attached hydrogen (secondary N) is 12. The molecule has 0 aliphatic carbocycles. The number of hydrogen-bond acceptors (Lipinski definition) is 19. The highest BCUT2D eigenvalue weighted by atomic mass is 32.2. The maximum absolute atomic E-state index is 14.5. The summed E-state index contributed by atoms with van der Waals surface area (Å²) in [6.07, 6.45) is 2.88. The molecule has 4 rings (SSSR count). The lowest BCUT2D eigenvalue weighted by atomic mass is 10.0. The highest BCUT2D eigenvalue weighted by molar-refractivity contribution is 7.98. The number of benzene rings is 3. The Morgan fingerprint density at radius 2 is 1.10 bits per heavy atom. The van der Waals surface area contributed by atoms with E-state index in [1.165, 1.54) is 24.3 Å². The predicted octanol–water partition coefficient (Wildman–Crippen LogP) is -1.86. The Balaban J connectivity index is 1.50. The number of imidazole rings is 1. The van der Waals surface area contributed by atoms with Crippen molar-refractivity contribution < 1.29 is 72.9 Å². The van der Waals surface area contributed by atoms with E-state index in [1.54, 1.807) is 68.4 Å². The summed E-state index contributed by atoms with van der Waals surface area (Å²) in [5, 5.41) is 59.4. The van der Waals surface area contributed by atoms with Crippen LogP contribution in [0, 0.1) is 11.8 Å². The minimum Gasteiger partial charge on any atom is -0.481 e. The molecule has 11 amide bonds. The molecule has 0 aliphatic heterocycles. The van der Waals surface area contributed by atoms with Gasteiger partial charge in [0.25, 0.3) is 0 Å². The van der Waals surface area contributed by atoms with Crippen LogP contribution in [-0.4, -0.2) is 199 Å². The number of hydrogen-bond donors (Lipinski definition) is 18. The van der Waals surface area contributed by atoms with Gasteiger partial charge in [-0.05, 0) is 98.2 Å². The number of thiocarbonyl (C=S) groups is 1. The van der Waals surface area contributed by atoms with Crippen LogP contribution in [0.1, 0.15) is 95.5 Å². The van der Waals surface area contributed by atoms with Gasteiger partial charge in [-0.25, -0.2) is 4.98 Å². The van der Waals surface area contributed by atoms with Crippen molar-refractivity contribution in [2.75, 3.05) is 37.0 Å². The number of nitrogens with zero attached hydrogens (tertiary/aromatic N) is 1. The SMILES string of the molecule is CSCC[C@H](NC(=O)[C@H](CC(C)C)NC(=O)CNC(=O)[C@@H](NC(=O)[C@H](Cc1ccccc1)NC(=O)[C@H](CO)NC(=O)[C@H](CC(=O)O)NC(=O)[C@@H](NC(=O)[C@H](CCCCN)NC(=O)[C@H](Cc1ccc(NC(=S)Cc2ccccc2)cc1)NC(=O)[C@@H](N)Cc1cnc[nH]1)[C@@H](C)O)C(C)C)C(N)=O. The Kier molecular flexibility index (Phi) is 35.9. The molecule has 0 spiro atoms. The number of carboxylic acid groups (broad SMARTS) is 1. The Morgan fingerprint density at radius 1 is 0.580 bits per heavy atom. The zero-order valence-electron chi connectivity index (χ0n) is 56.9. The Bertz CT molecular complexity index is 3350. The van der Waals surface area contributed by atoms with E-state index in [-0.39, 0.29) is 57.4 Å². The van der Waals surface area contributed by atoms with Crippen molar-refractivity contribution in [3.8, 4) is 0 Å². The molecule has 1 aromatic heterocycles. The number of aliphatic hydroxyl groups excluding tert-OH is 2. The smallest absolute Gasteiger partial charge is 0.305 e. The number of carboxylic acids is 1. The van der Waals surface area contributed by atoms with Crippen LogP contribution in [0.5, 0.6) is 0 Å². The average molecular weight is 1430 g/mol. The van der Waals surface area contributed by atoms with Crippen molar-refractivity contribution in [1.29, 1.82) is 0 Å². The normalized spacial score (nSPS) is 14.4. The molecule has 0 saturated carbocycles. The van der Waals surface area contributed by atoms with Crippen molar-refractivity contribution in [2.24, 2.45) is 29.0 Å². The van der Waals surface area contributed by atoms with Gasteiger partial charge < -0.3 is 96.0 Å². The van der Waals surface area contributed by atoms with Crippen molar-refractivity contribution in [3.63, 3.8) is 0 Å². The molecule has 21 N–H and O–H groups in total. The second-order valence-corrected chi connectivity index (χ2v) is 26.2. The van der Waals surface area contributed by atoms with Gasteiger partial charge in [-0.2, -0.15) is 11.8 Å². The summed E-state index contributed by atoms with van der Waals surface area (Å²) < 4.78 is 0. The number of H-pyrrole nitrogens is 1. The number of carbonyl (C=O) groups is 12. The fourth-order valence-corrected chi connectivity index (χ4v) is 10.9. The Labute approximate surface area is 590 Å². The van der Waals surface area contributed by atoms with Gasteiger partial charge in [0.05, 0.1) is 43.0 Å². The maximum Gasteiger partial charge on any atom is 0.305 e. The number of carbonyl (C=O) groups excluding carboxylic acids is 11. The summed E-state index contributed by atoms with van der Waals surface area (Å²) in [7, 11) is 0. The molecule has 31 nitrogen and oxygen atoms in total. The van der Waals surface area contributed by atoms with E-state index in [2.05, 4.69) is 68.5 Å². The van der Waals surface area contributed by atoms with Crippen LogP contribution in [0.3, 0.4) is 0 Å². The van der Waals surface area contributed by atoms with Crippen LogP contribution in [0.4, 0.5) is 5.69 Å². The van der Waals surface area contributed by atoms with Crippen molar-refractivity contribution in [1.82, 2.24) is 63.1 Å². The average Bonchev–Trinajstić information content (AvgIpc) is 0.859. The molecule has 0 saturated heterocycles. The summed E-state index contributed by atoms with van der Waals surface area (Å²) >= 11 is 7.02. The van der Waals surface area contributed by atoms with Gasteiger partial charge in [0.1, 0.15) is 54.4 Å². The minimum absolute atomic E-state index is 0.0186. The number of aromatic amines is 1. The highest BCUT2D eigenvalue weighted by Crippen LogP contribution is 2.16. The van der Waals surface area contributed by atoms with Gasteiger partial charge in [0, 0.05) is 43.3 Å². The van der Waals surface area contributed by atoms with E-state index in [1.807, 2.05) is 50.4 Å². The highest BCUT2D eigenvalue weighted by Gasteiger charge is 2.37. The number of rotatable bonds is 44. The van der Waals surface area contributed by atoms with Gasteiger partial charge in [0.2, 0.25) is 65.0 Å². The van der Waals surface area contributed by atoms with E-state index in [9.17, 15) is 72.9 Å². The molecule has 100 heavy (non-hydrogen) atoms. The Hall–Kier alpha value is -9.41. The zero-order valence-corrected chi connectivity index (χ0v) is 58.5. The summed E-state index contributed by atoms with van der Waals surface area (Å²) in [6.45, 7) is 6.27. The topological polar surface area (TPSA) is 505 Å². The fourth-order valence-electron chi connectivity index (χ4n) is 10.1. The van der Waals surface area contributed by atoms with Gasteiger partial charge in [0.15, 0.2) is 0 Å². The number of amides is 11. The number of thioether (sulfide) groups is 1. The summed E-state index contributed by atoms with van der Waals surface area (Å²) in [4.78, 5) is 171. The van der Waals surface area contributed by atoms with Crippen LogP contribution < -0.4 is 75.7 Å². The molecule has 0 aliphatic rings. The third kappa shape index (κ3) is 29.6. The van der Waals surface area contributed by atoms with E-state index in [0.717, 1.165) is 12.5 Å². The number of unbranched alkanes of at least 4 members (excludes halogenated alkanes) is 1. The maximum atomic E-state index is 14.5. The second kappa shape index (κ2) is 43.2. The quantitative estimate of drug-likeness (QED) is 0.0171. The first kappa shape index (κ1) is 83.0. The molecule has 1 heterocycles. The summed E-state index contributed by atoms with van der Waals surface area (Å²) in [5.41, 5.74) is 20.8. The number of aliphatic hydroxyl groups is 2. The lowest BCUT2D eigenvalue weighted by molar-refractivity contribution is -0.142. The van der Waals surface area contributed by atoms with Crippen LogP contribution in [0.25, 0.3) is 0 Å². The Morgan fingerprint density at radius 3 is 1.65 bits per heavy atom. The summed E-state index contributed by atoms with van der Waals surface area (Å²) in [6, 6.07) is 9.75. The van der Waals surface area contributed by atoms with Crippen LogP contribution in [0.15, 0.2) is 97.5 Å². The molecule has 33 heteroatoms. The number of nitrogens with two attached hydrogens (primary N) is 3. The third-order valence-corrected chi connectivity index (χ3v) is 16.4. The van der Waals surface area contributed by atoms with Crippen LogP contribution in [-0.2, 0) is 83.2 Å². The number of anilines is 1. The standard InChI is InChI=1S/C67H96N16O15S2/c1-37(2)27-48(61(92)76-46(58(70)89)24-26-100-6)75-53(86)34-72-66(97)56(38(3)4)82-64(95)50(28-40-15-9-7-10-16-40)79-65(96)52(35-84)81-63(94)51(32-55(87)88)80-67(98)57(39(5)85)83-60(91)47(19-13-14-25-68)77-62(93)49(78-59(90)45(69)31-44-33-71-36-73-44)29-42-20-22-43(23-21-42)74-54(99)30-41-17-11-8-12-18-41/h7-12,15-18,20-23,33,36-39,45-52,56-57,84-85H,13-14,19,24-32,34-35,68-69H2,1-6H3,(H2,70,89)(H,71,73)(H,72,97)(H,74,99)(H,75,86)(H,76,92)(H,77,93)(H,78,90)(H,79,96)(H,80,98)(H,81,94)(H,82,95)(H,83,91)(H,87,88)/t39-,45+,46+,47+,48+,49+,50+,51+,52+,56+,57+/m1/s1. The largest absolute Gasteiger partial charge is 0.481 e. The number of aromatic nitrogens is 2. The molecular formula is C67H96N16O15S2. The first-order chi connectivity index (χ1) is 47.5. The van der Waals surface area contributed by atoms with Crippen LogP contribution in [0.2, 0.25) is 0 Å². The monoisotopic (exact) mass is 1430 g/mol. The first-order valence-corrected chi connectivity index (χ1v) is 34.5. The second-order valence-electron chi connectivity index (χ2n) is 24.7. The lowest BCUT2D eigenvalue weighted by Crippen LogP contribution is -2.62. The third-order valence-electron chi connectivity index (χ3n) is 15.5. The summed E-state index contributed by atoms with van der Waals surface area (Å²) in [5.74, 6) is -12.3. The van der Waals surface area contributed by atoms with Crippen LogP contribution >= 0.6 is 24.0 Å². The minimum atomic E-state index is -2.07. The van der Waals surface area contributed by atoms with E-state index >= 15 is 0 Å². The van der Waals surface area contributed by atoms with Gasteiger partial charge in [-0.3, -0.25) is 57.5 Å². The molecule has 11 atom stereocenters. The van der Waals surface area contributed by atoms with E-state index < -0.39 is 163 Å². The molecule has 3 aromatic carbocycles. The number of primary amides is 1. The van der Waals surface area contributed by atoms with E-state index in [0.29, 0.717) is 46.1 Å². The molecule has 0 radical (unpaired) electrons. The lowest BCUT2D eigenvalue weighted by Gasteiger charge is -2.28. The van der Waals surface area contributed by atoms with E-state index in [4.69, 9.17) is 29.4 Å². The molecule has 546 valence electrons.